The van der Waals surface area contributed by atoms with E-state index in [2.05, 4.69) is 11.8 Å². The van der Waals surface area contributed by atoms with Crippen molar-refractivity contribution in [2.75, 3.05) is 0 Å². The van der Waals surface area contributed by atoms with E-state index in [4.69, 9.17) is 15.3 Å². The Morgan fingerprint density at radius 1 is 0.850 bits per heavy atom. The molecule has 0 unspecified atom stereocenters. The van der Waals surface area contributed by atoms with E-state index >= 15 is 0 Å². The van der Waals surface area contributed by atoms with Crippen LogP contribution in [0.1, 0.15) is 33.3 Å². The van der Waals surface area contributed by atoms with E-state index in [1.54, 1.807) is 36.4 Å². The molecule has 4 nitrogen and oxygen atoms in total. The van der Waals surface area contributed by atoms with Crippen molar-refractivity contribution in [1.29, 1.82) is 0 Å². The molecule has 2 aromatic rings. The zero-order chi connectivity index (χ0) is 14.5. The number of carboxylic acid groups (broad SMARTS) is 1. The lowest BCUT2D eigenvalue weighted by atomic mass is 10.1. The number of hydrogen-bond donors (Lipinski definition) is 3. The number of aliphatic hydroxyl groups excluding tert-OH is 1. The van der Waals surface area contributed by atoms with Crippen molar-refractivity contribution in [2.45, 2.75) is 6.29 Å². The molecule has 0 amide bonds. The molecule has 0 aliphatic rings. The summed E-state index contributed by atoms with van der Waals surface area (Å²) in [4.78, 5) is 10.7. The molecule has 0 radical (unpaired) electrons. The molecule has 0 aliphatic carbocycles. The molecule has 0 spiro atoms. The van der Waals surface area contributed by atoms with Gasteiger partial charge in [0.15, 0.2) is 6.29 Å². The lowest BCUT2D eigenvalue weighted by molar-refractivity contribution is -0.0424. The third-order valence-corrected chi connectivity index (χ3v) is 2.69. The molecule has 2 rings (SSSR count). The smallest absolute Gasteiger partial charge is 0.335 e. The largest absolute Gasteiger partial charge is 0.478 e. The molecule has 0 fully saturated rings. The van der Waals surface area contributed by atoms with Crippen LogP contribution >= 0.6 is 0 Å². The van der Waals surface area contributed by atoms with Crippen molar-refractivity contribution in [3.63, 3.8) is 0 Å². The van der Waals surface area contributed by atoms with Crippen molar-refractivity contribution in [2.24, 2.45) is 0 Å². The highest BCUT2D eigenvalue weighted by Gasteiger charge is 2.01. The molecule has 100 valence electrons. The topological polar surface area (TPSA) is 77.8 Å². The first-order valence-corrected chi connectivity index (χ1v) is 5.88. The van der Waals surface area contributed by atoms with E-state index < -0.39 is 12.3 Å². The molecular weight excluding hydrogens is 256 g/mol. The van der Waals surface area contributed by atoms with Gasteiger partial charge in [0.25, 0.3) is 0 Å². The van der Waals surface area contributed by atoms with Crippen LogP contribution in [0, 0.1) is 11.8 Å². The summed E-state index contributed by atoms with van der Waals surface area (Å²) in [5, 5.41) is 26.7. The standard InChI is InChI=1S/C16H12O4/c17-15(18)13-7-3-11(4-8-13)1-2-12-5-9-14(10-6-12)16(19)20/h3-10,15,17-18H,(H,19,20). The summed E-state index contributed by atoms with van der Waals surface area (Å²) in [6, 6.07) is 12.8. The lowest BCUT2D eigenvalue weighted by Crippen LogP contribution is -1.95. The van der Waals surface area contributed by atoms with Crippen LogP contribution in [0.2, 0.25) is 0 Å². The molecule has 0 heterocycles. The van der Waals surface area contributed by atoms with Crippen molar-refractivity contribution in [3.8, 4) is 11.8 Å². The van der Waals surface area contributed by atoms with Gasteiger partial charge in [0.1, 0.15) is 0 Å². The average Bonchev–Trinajstić information content (AvgIpc) is 2.46. The summed E-state index contributed by atoms with van der Waals surface area (Å²) in [6.45, 7) is 0. The minimum absolute atomic E-state index is 0.219. The van der Waals surface area contributed by atoms with Gasteiger partial charge >= 0.3 is 5.97 Å². The zero-order valence-electron chi connectivity index (χ0n) is 10.4. The van der Waals surface area contributed by atoms with Crippen molar-refractivity contribution < 1.29 is 20.1 Å². The Hall–Kier alpha value is -2.61. The Balaban J connectivity index is 2.15. The summed E-state index contributed by atoms with van der Waals surface area (Å²) in [7, 11) is 0. The predicted molar refractivity (Wildman–Crippen MR) is 73.0 cm³/mol. The lowest BCUT2D eigenvalue weighted by Gasteiger charge is -2.02. The van der Waals surface area contributed by atoms with Crippen LogP contribution in [0.3, 0.4) is 0 Å². The van der Waals surface area contributed by atoms with E-state index in [0.29, 0.717) is 11.1 Å². The molecular formula is C16H12O4. The van der Waals surface area contributed by atoms with Crippen LogP contribution < -0.4 is 0 Å². The van der Waals surface area contributed by atoms with Gasteiger partial charge in [-0.15, -0.1) is 0 Å². The second kappa shape index (κ2) is 6.02. The van der Waals surface area contributed by atoms with E-state index in [0.717, 1.165) is 5.56 Å². The molecule has 0 atom stereocenters. The Kier molecular flexibility index (Phi) is 4.16. The fourth-order valence-corrected chi connectivity index (χ4v) is 1.58. The quantitative estimate of drug-likeness (QED) is 0.573. The Bertz CT molecular complexity index is 658. The van der Waals surface area contributed by atoms with Gasteiger partial charge in [-0.3, -0.25) is 0 Å². The minimum Gasteiger partial charge on any atom is -0.478 e. The number of benzene rings is 2. The fraction of sp³-hybridized carbons (Fsp3) is 0.0625. The normalized spacial score (nSPS) is 9.95. The van der Waals surface area contributed by atoms with Crippen LogP contribution in [-0.2, 0) is 0 Å². The minimum atomic E-state index is -1.49. The highest BCUT2D eigenvalue weighted by atomic mass is 16.5. The third kappa shape index (κ3) is 3.45. The summed E-state index contributed by atoms with van der Waals surface area (Å²) >= 11 is 0. The molecule has 20 heavy (non-hydrogen) atoms. The van der Waals surface area contributed by atoms with Crippen LogP contribution in [0.4, 0.5) is 0 Å². The van der Waals surface area contributed by atoms with E-state index in [9.17, 15) is 4.79 Å². The van der Waals surface area contributed by atoms with E-state index in [1.165, 1.54) is 12.1 Å². The van der Waals surface area contributed by atoms with Gasteiger partial charge in [0.2, 0.25) is 0 Å². The summed E-state index contributed by atoms with van der Waals surface area (Å²) in [5.41, 5.74) is 2.07. The third-order valence-electron chi connectivity index (χ3n) is 2.69. The first-order chi connectivity index (χ1) is 9.56. The molecule has 4 heteroatoms. The number of rotatable bonds is 2. The second-order valence-corrected chi connectivity index (χ2v) is 4.13. The highest BCUT2D eigenvalue weighted by molar-refractivity contribution is 5.87. The Morgan fingerprint density at radius 2 is 1.30 bits per heavy atom. The maximum atomic E-state index is 10.7. The summed E-state index contributed by atoms with van der Waals surface area (Å²) < 4.78 is 0. The van der Waals surface area contributed by atoms with Crippen LogP contribution in [-0.4, -0.2) is 21.3 Å². The first-order valence-electron chi connectivity index (χ1n) is 5.88. The highest BCUT2D eigenvalue weighted by Crippen LogP contribution is 2.10. The van der Waals surface area contributed by atoms with Crippen molar-refractivity contribution in [3.05, 3.63) is 70.8 Å². The van der Waals surface area contributed by atoms with Gasteiger partial charge in [0, 0.05) is 16.7 Å². The first kappa shape index (κ1) is 13.8. The Morgan fingerprint density at radius 3 is 1.70 bits per heavy atom. The molecule has 0 bridgehead atoms. The number of carboxylic acids is 1. The van der Waals surface area contributed by atoms with Crippen LogP contribution in [0.5, 0.6) is 0 Å². The predicted octanol–water partition coefficient (Wildman–Crippen LogP) is 1.77. The monoisotopic (exact) mass is 268 g/mol. The average molecular weight is 268 g/mol. The maximum absolute atomic E-state index is 10.7. The van der Waals surface area contributed by atoms with Crippen molar-refractivity contribution >= 4 is 5.97 Å². The Labute approximate surface area is 115 Å². The zero-order valence-corrected chi connectivity index (χ0v) is 10.4. The van der Waals surface area contributed by atoms with Gasteiger partial charge in [-0.25, -0.2) is 4.79 Å². The molecule has 2 aromatic carbocycles. The van der Waals surface area contributed by atoms with E-state index in [-0.39, 0.29) is 5.56 Å². The summed E-state index contributed by atoms with van der Waals surface area (Å²) in [5.74, 6) is 4.85. The van der Waals surface area contributed by atoms with Gasteiger partial charge < -0.3 is 15.3 Å². The fourth-order valence-electron chi connectivity index (χ4n) is 1.58. The van der Waals surface area contributed by atoms with Crippen LogP contribution in [0.15, 0.2) is 48.5 Å². The van der Waals surface area contributed by atoms with Gasteiger partial charge in [0.05, 0.1) is 5.56 Å². The van der Waals surface area contributed by atoms with Crippen LogP contribution in [0.25, 0.3) is 0 Å². The van der Waals surface area contributed by atoms with Gasteiger partial charge in [-0.05, 0) is 36.4 Å². The molecule has 0 saturated heterocycles. The summed E-state index contributed by atoms with van der Waals surface area (Å²) in [6.07, 6.45) is -1.49. The molecule has 0 aliphatic heterocycles. The number of hydrogen-bond acceptors (Lipinski definition) is 3. The molecule has 0 saturated carbocycles. The van der Waals surface area contributed by atoms with Gasteiger partial charge in [-0.1, -0.05) is 24.0 Å². The molecule has 3 N–H and O–H groups in total. The number of aliphatic hydroxyl groups is 2. The van der Waals surface area contributed by atoms with Crippen molar-refractivity contribution in [1.82, 2.24) is 0 Å². The van der Waals surface area contributed by atoms with E-state index in [1.807, 2.05) is 0 Å². The van der Waals surface area contributed by atoms with Gasteiger partial charge in [-0.2, -0.15) is 0 Å². The number of carbonyl (C=O) groups is 1. The maximum Gasteiger partial charge on any atom is 0.335 e. The number of aromatic carboxylic acids is 1. The SMILES string of the molecule is O=C(O)c1ccc(C#Cc2ccc(C(O)O)cc2)cc1. The molecule has 0 aromatic heterocycles. The second-order valence-electron chi connectivity index (χ2n) is 4.13.